The van der Waals surface area contributed by atoms with Crippen molar-refractivity contribution >= 4 is 12.1 Å². The second-order valence-corrected chi connectivity index (χ2v) is 4.87. The Morgan fingerprint density at radius 1 is 1.26 bits per heavy atom. The first kappa shape index (κ1) is 13.4. The zero-order valence-electron chi connectivity index (χ0n) is 10.8. The molecule has 1 saturated heterocycles. The summed E-state index contributed by atoms with van der Waals surface area (Å²) in [6.45, 7) is 1.98. The lowest BCUT2D eigenvalue weighted by molar-refractivity contribution is -0.151. The molecule has 1 aromatic rings. The Morgan fingerprint density at radius 3 is 2.58 bits per heavy atom. The number of amides is 1. The molecule has 102 valence electrons. The van der Waals surface area contributed by atoms with E-state index in [0.29, 0.717) is 18.7 Å². The summed E-state index contributed by atoms with van der Waals surface area (Å²) < 4.78 is 5.22. The first-order valence-electron chi connectivity index (χ1n) is 6.32. The number of carboxylic acid groups (broad SMARTS) is 1. The topological polar surface area (TPSA) is 66.8 Å². The molecule has 1 atom stereocenters. The molecule has 5 nitrogen and oxygen atoms in total. The molecule has 0 aromatic heterocycles. The van der Waals surface area contributed by atoms with Gasteiger partial charge in [-0.25, -0.2) is 9.59 Å². The van der Waals surface area contributed by atoms with Crippen LogP contribution < -0.4 is 4.74 Å². The van der Waals surface area contributed by atoms with Crippen LogP contribution in [0.2, 0.25) is 0 Å². The zero-order chi connectivity index (χ0) is 13.9. The lowest BCUT2D eigenvalue weighted by Crippen LogP contribution is -2.58. The van der Waals surface area contributed by atoms with Gasteiger partial charge in [0.15, 0.2) is 0 Å². The zero-order valence-corrected chi connectivity index (χ0v) is 10.8. The molecule has 1 amide bonds. The summed E-state index contributed by atoms with van der Waals surface area (Å²) in [5, 5.41) is 9.33. The predicted octanol–water partition coefficient (Wildman–Crippen LogP) is 2.51. The van der Waals surface area contributed by atoms with E-state index in [-0.39, 0.29) is 0 Å². The van der Waals surface area contributed by atoms with Gasteiger partial charge < -0.3 is 9.84 Å². The van der Waals surface area contributed by atoms with Crippen LogP contribution in [0, 0.1) is 0 Å². The van der Waals surface area contributed by atoms with Crippen LogP contribution in [0.25, 0.3) is 0 Å². The second kappa shape index (κ2) is 5.30. The number of carbonyl (C=O) groups is 2. The van der Waals surface area contributed by atoms with Crippen molar-refractivity contribution in [1.82, 2.24) is 4.90 Å². The molecule has 0 saturated carbocycles. The van der Waals surface area contributed by atoms with Crippen molar-refractivity contribution in [2.75, 3.05) is 6.54 Å². The average Bonchev–Trinajstić information content (AvgIpc) is 2.40. The third-order valence-corrected chi connectivity index (χ3v) is 3.52. The number of hydrogen-bond donors (Lipinski definition) is 1. The molecule has 1 aromatic carbocycles. The Labute approximate surface area is 111 Å². The molecule has 1 fully saturated rings. The second-order valence-electron chi connectivity index (χ2n) is 4.87. The summed E-state index contributed by atoms with van der Waals surface area (Å²) in [6.07, 6.45) is 1.45. The highest BCUT2D eigenvalue weighted by molar-refractivity contribution is 5.84. The van der Waals surface area contributed by atoms with Crippen molar-refractivity contribution in [2.24, 2.45) is 0 Å². The molecule has 1 aliphatic rings. The van der Waals surface area contributed by atoms with Crippen LogP contribution in [0.15, 0.2) is 30.3 Å². The van der Waals surface area contributed by atoms with Gasteiger partial charge in [0, 0.05) is 6.54 Å². The van der Waals surface area contributed by atoms with E-state index in [4.69, 9.17) is 4.74 Å². The SMILES string of the molecule is CC1(C(=O)O)CCCCN1C(=O)Oc1ccccc1. The number of piperidine rings is 1. The summed E-state index contributed by atoms with van der Waals surface area (Å²) in [4.78, 5) is 24.8. The molecule has 1 N–H and O–H groups in total. The Kier molecular flexibility index (Phi) is 3.74. The Bertz CT molecular complexity index is 474. The fourth-order valence-corrected chi connectivity index (χ4v) is 2.28. The number of aliphatic carboxylic acids is 1. The quantitative estimate of drug-likeness (QED) is 0.890. The van der Waals surface area contributed by atoms with E-state index in [1.165, 1.54) is 4.90 Å². The summed E-state index contributed by atoms with van der Waals surface area (Å²) in [6, 6.07) is 8.67. The van der Waals surface area contributed by atoms with Gasteiger partial charge in [-0.1, -0.05) is 18.2 Å². The number of likely N-dealkylation sites (tertiary alicyclic amines) is 1. The highest BCUT2D eigenvalue weighted by Crippen LogP contribution is 2.29. The third kappa shape index (κ3) is 2.70. The molecule has 5 heteroatoms. The molecule has 0 radical (unpaired) electrons. The molecular weight excluding hydrogens is 246 g/mol. The number of carboxylic acids is 1. The first-order valence-corrected chi connectivity index (χ1v) is 6.32. The number of hydrogen-bond acceptors (Lipinski definition) is 3. The lowest BCUT2D eigenvalue weighted by atomic mass is 9.89. The molecule has 1 aliphatic heterocycles. The highest BCUT2D eigenvalue weighted by Gasteiger charge is 2.44. The van der Waals surface area contributed by atoms with Crippen LogP contribution in [0.3, 0.4) is 0 Å². The standard InChI is InChI=1S/C14H17NO4/c1-14(12(16)17)9-5-6-10-15(14)13(18)19-11-7-3-2-4-8-11/h2-4,7-8H,5-6,9-10H2,1H3,(H,16,17). The van der Waals surface area contributed by atoms with Gasteiger partial charge in [-0.05, 0) is 38.3 Å². The molecule has 1 unspecified atom stereocenters. The van der Waals surface area contributed by atoms with E-state index in [1.54, 1.807) is 31.2 Å². The molecular formula is C14H17NO4. The van der Waals surface area contributed by atoms with Crippen molar-refractivity contribution in [1.29, 1.82) is 0 Å². The Morgan fingerprint density at radius 2 is 1.95 bits per heavy atom. The van der Waals surface area contributed by atoms with E-state index in [0.717, 1.165) is 12.8 Å². The molecule has 0 bridgehead atoms. The fraction of sp³-hybridized carbons (Fsp3) is 0.429. The Hall–Kier alpha value is -2.04. The number of para-hydroxylation sites is 1. The molecule has 1 heterocycles. The predicted molar refractivity (Wildman–Crippen MR) is 69.1 cm³/mol. The van der Waals surface area contributed by atoms with Gasteiger partial charge in [-0.3, -0.25) is 4.90 Å². The van der Waals surface area contributed by atoms with E-state index >= 15 is 0 Å². The minimum Gasteiger partial charge on any atom is -0.480 e. The van der Waals surface area contributed by atoms with Crippen molar-refractivity contribution in [3.8, 4) is 5.75 Å². The highest BCUT2D eigenvalue weighted by atomic mass is 16.6. The number of ether oxygens (including phenoxy) is 1. The third-order valence-electron chi connectivity index (χ3n) is 3.52. The molecule has 0 spiro atoms. The summed E-state index contributed by atoms with van der Waals surface area (Å²) in [5.74, 6) is -0.567. The van der Waals surface area contributed by atoms with Crippen molar-refractivity contribution < 1.29 is 19.4 Å². The number of benzene rings is 1. The number of nitrogens with zero attached hydrogens (tertiary/aromatic N) is 1. The van der Waals surface area contributed by atoms with Crippen LogP contribution >= 0.6 is 0 Å². The monoisotopic (exact) mass is 263 g/mol. The van der Waals surface area contributed by atoms with E-state index in [9.17, 15) is 14.7 Å². The van der Waals surface area contributed by atoms with Crippen LogP contribution in [-0.2, 0) is 4.79 Å². The minimum atomic E-state index is -1.18. The fourth-order valence-electron chi connectivity index (χ4n) is 2.28. The van der Waals surface area contributed by atoms with Gasteiger partial charge in [-0.15, -0.1) is 0 Å². The van der Waals surface area contributed by atoms with Crippen molar-refractivity contribution in [2.45, 2.75) is 31.7 Å². The maximum Gasteiger partial charge on any atom is 0.416 e. The molecule has 0 aliphatic carbocycles. The molecule has 2 rings (SSSR count). The minimum absolute atomic E-state index is 0.411. The first-order chi connectivity index (χ1) is 9.04. The van der Waals surface area contributed by atoms with Crippen LogP contribution in [-0.4, -0.2) is 34.2 Å². The van der Waals surface area contributed by atoms with Crippen LogP contribution in [0.5, 0.6) is 5.75 Å². The van der Waals surface area contributed by atoms with Crippen molar-refractivity contribution in [3.05, 3.63) is 30.3 Å². The van der Waals surface area contributed by atoms with Gasteiger partial charge >= 0.3 is 12.1 Å². The largest absolute Gasteiger partial charge is 0.480 e. The normalized spacial score (nSPS) is 22.9. The number of carbonyl (C=O) groups excluding carboxylic acids is 1. The van der Waals surface area contributed by atoms with E-state index in [1.807, 2.05) is 6.07 Å². The molecule has 19 heavy (non-hydrogen) atoms. The van der Waals surface area contributed by atoms with Gasteiger partial charge in [0.2, 0.25) is 0 Å². The summed E-state index contributed by atoms with van der Waals surface area (Å²) in [7, 11) is 0. The van der Waals surface area contributed by atoms with Crippen molar-refractivity contribution in [3.63, 3.8) is 0 Å². The van der Waals surface area contributed by atoms with Gasteiger partial charge in [0.05, 0.1) is 0 Å². The van der Waals surface area contributed by atoms with Crippen LogP contribution in [0.1, 0.15) is 26.2 Å². The van der Waals surface area contributed by atoms with Crippen LogP contribution in [0.4, 0.5) is 4.79 Å². The maximum absolute atomic E-state index is 12.1. The Balaban J connectivity index is 2.14. The van der Waals surface area contributed by atoms with Gasteiger partial charge in [-0.2, -0.15) is 0 Å². The lowest BCUT2D eigenvalue weighted by Gasteiger charge is -2.40. The average molecular weight is 263 g/mol. The van der Waals surface area contributed by atoms with Gasteiger partial charge in [0.1, 0.15) is 11.3 Å². The van der Waals surface area contributed by atoms with Gasteiger partial charge in [0.25, 0.3) is 0 Å². The van der Waals surface area contributed by atoms with E-state index < -0.39 is 17.6 Å². The smallest absolute Gasteiger partial charge is 0.416 e. The summed E-state index contributed by atoms with van der Waals surface area (Å²) in [5.41, 5.74) is -1.18. The number of rotatable bonds is 2. The van der Waals surface area contributed by atoms with E-state index in [2.05, 4.69) is 0 Å². The maximum atomic E-state index is 12.1. The summed E-state index contributed by atoms with van der Waals surface area (Å²) >= 11 is 0.